The van der Waals surface area contributed by atoms with Crippen LogP contribution in [0.2, 0.25) is 0 Å². The van der Waals surface area contributed by atoms with Crippen LogP contribution in [-0.4, -0.2) is 32.1 Å². The largest absolute Gasteiger partial charge is 0.356 e. The van der Waals surface area contributed by atoms with Crippen LogP contribution in [0.1, 0.15) is 135 Å². The summed E-state index contributed by atoms with van der Waals surface area (Å²) in [6.07, 6.45) is 26.1. The minimum atomic E-state index is 0.220. The zero-order chi connectivity index (χ0) is 22.0. The summed E-state index contributed by atoms with van der Waals surface area (Å²) in [5.41, 5.74) is 5.45. The van der Waals surface area contributed by atoms with Crippen molar-refractivity contribution in [3.05, 3.63) is 0 Å². The summed E-state index contributed by atoms with van der Waals surface area (Å²) in [5.74, 6) is 0.220. The lowest BCUT2D eigenvalue weighted by Crippen LogP contribution is -2.27. The molecule has 0 saturated carbocycles. The second-order valence-corrected chi connectivity index (χ2v) is 9.00. The average molecular weight is 426 g/mol. The maximum Gasteiger partial charge on any atom is 0.219 e. The van der Waals surface area contributed by atoms with E-state index in [4.69, 9.17) is 5.73 Å². The van der Waals surface area contributed by atoms with E-state index in [0.29, 0.717) is 6.42 Å². The summed E-state index contributed by atoms with van der Waals surface area (Å²) >= 11 is 0. The average Bonchev–Trinajstić information content (AvgIpc) is 2.75. The molecular weight excluding hydrogens is 370 g/mol. The molecule has 180 valence electrons. The Bertz CT molecular complexity index is 336. The third-order valence-corrected chi connectivity index (χ3v) is 5.92. The van der Waals surface area contributed by atoms with Gasteiger partial charge in [-0.2, -0.15) is 0 Å². The fourth-order valence-electron chi connectivity index (χ4n) is 3.89. The summed E-state index contributed by atoms with van der Waals surface area (Å²) in [4.78, 5) is 11.8. The number of unbranched alkanes of at least 4 members (excludes halogenated alkanes) is 16. The van der Waals surface area contributed by atoms with Crippen LogP contribution < -0.4 is 16.4 Å². The zero-order valence-electron chi connectivity index (χ0n) is 20.5. The second kappa shape index (κ2) is 26.4. The molecule has 0 aromatic carbocycles. The molecule has 0 aromatic rings. The van der Waals surface area contributed by atoms with E-state index in [-0.39, 0.29) is 5.91 Å². The standard InChI is InChI=1S/C26H55N3O/c1-2-3-4-5-6-7-8-9-10-11-12-13-14-15-16-17-18-21-26(30)29-25-20-24-28-23-19-22-27/h28H,2-25,27H2,1H3,(H,29,30). The molecule has 4 nitrogen and oxygen atoms in total. The fraction of sp³-hybridized carbons (Fsp3) is 0.962. The highest BCUT2D eigenvalue weighted by molar-refractivity contribution is 5.75. The molecule has 4 heteroatoms. The first-order valence-electron chi connectivity index (χ1n) is 13.5. The Labute approximate surface area is 188 Å². The second-order valence-electron chi connectivity index (χ2n) is 9.00. The molecule has 0 bridgehead atoms. The van der Waals surface area contributed by atoms with Crippen LogP contribution in [0.3, 0.4) is 0 Å². The number of nitrogens with one attached hydrogen (secondary N) is 2. The van der Waals surface area contributed by atoms with Crippen molar-refractivity contribution in [2.24, 2.45) is 5.73 Å². The van der Waals surface area contributed by atoms with E-state index >= 15 is 0 Å². The van der Waals surface area contributed by atoms with Crippen LogP contribution in [0.25, 0.3) is 0 Å². The van der Waals surface area contributed by atoms with Gasteiger partial charge in [0.25, 0.3) is 0 Å². The Balaban J connectivity index is 3.11. The highest BCUT2D eigenvalue weighted by Crippen LogP contribution is 2.14. The fourth-order valence-corrected chi connectivity index (χ4v) is 3.89. The van der Waals surface area contributed by atoms with Gasteiger partial charge in [0.05, 0.1) is 0 Å². The molecular formula is C26H55N3O. The quantitative estimate of drug-likeness (QED) is 0.147. The first-order valence-corrected chi connectivity index (χ1v) is 13.5. The number of carbonyl (C=O) groups is 1. The Hall–Kier alpha value is -0.610. The smallest absolute Gasteiger partial charge is 0.219 e. The van der Waals surface area contributed by atoms with Gasteiger partial charge in [0.1, 0.15) is 0 Å². The van der Waals surface area contributed by atoms with Gasteiger partial charge in [-0.25, -0.2) is 0 Å². The maximum absolute atomic E-state index is 11.8. The van der Waals surface area contributed by atoms with Crippen LogP contribution in [0.15, 0.2) is 0 Å². The normalized spacial score (nSPS) is 11.1. The van der Waals surface area contributed by atoms with E-state index in [9.17, 15) is 4.79 Å². The number of hydrogen-bond donors (Lipinski definition) is 3. The van der Waals surface area contributed by atoms with Gasteiger partial charge >= 0.3 is 0 Å². The van der Waals surface area contributed by atoms with Crippen LogP contribution >= 0.6 is 0 Å². The van der Waals surface area contributed by atoms with Crippen molar-refractivity contribution in [2.75, 3.05) is 26.2 Å². The lowest BCUT2D eigenvalue weighted by Gasteiger charge is -2.06. The van der Waals surface area contributed by atoms with Crippen molar-refractivity contribution in [3.8, 4) is 0 Å². The molecule has 0 aromatic heterocycles. The molecule has 0 aliphatic rings. The van der Waals surface area contributed by atoms with Crippen LogP contribution in [0, 0.1) is 0 Å². The van der Waals surface area contributed by atoms with Crippen LogP contribution in [0.4, 0.5) is 0 Å². The topological polar surface area (TPSA) is 67.2 Å². The van der Waals surface area contributed by atoms with E-state index in [1.165, 1.54) is 103 Å². The lowest BCUT2D eigenvalue weighted by molar-refractivity contribution is -0.121. The van der Waals surface area contributed by atoms with Gasteiger partial charge in [-0.1, -0.05) is 110 Å². The minimum absolute atomic E-state index is 0.220. The molecule has 0 radical (unpaired) electrons. The molecule has 0 unspecified atom stereocenters. The predicted molar refractivity (Wildman–Crippen MR) is 133 cm³/mol. The lowest BCUT2D eigenvalue weighted by atomic mass is 10.0. The molecule has 0 aliphatic carbocycles. The van der Waals surface area contributed by atoms with Crippen molar-refractivity contribution in [1.82, 2.24) is 10.6 Å². The molecule has 0 spiro atoms. The summed E-state index contributed by atoms with van der Waals surface area (Å²) in [5, 5.41) is 6.36. The van der Waals surface area contributed by atoms with Crippen molar-refractivity contribution in [1.29, 1.82) is 0 Å². The van der Waals surface area contributed by atoms with E-state index in [1.54, 1.807) is 0 Å². The van der Waals surface area contributed by atoms with Gasteiger partial charge in [0.15, 0.2) is 0 Å². The molecule has 0 atom stereocenters. The van der Waals surface area contributed by atoms with Gasteiger partial charge in [0, 0.05) is 13.0 Å². The molecule has 0 rings (SSSR count). The number of rotatable bonds is 25. The molecule has 1 amide bonds. The number of carbonyl (C=O) groups excluding carboxylic acids is 1. The van der Waals surface area contributed by atoms with Gasteiger partial charge < -0.3 is 16.4 Å². The highest BCUT2D eigenvalue weighted by Gasteiger charge is 2.00. The number of amides is 1. The van der Waals surface area contributed by atoms with Crippen molar-refractivity contribution in [3.63, 3.8) is 0 Å². The molecule has 0 aliphatic heterocycles. The van der Waals surface area contributed by atoms with Crippen molar-refractivity contribution >= 4 is 5.91 Å². The van der Waals surface area contributed by atoms with Crippen molar-refractivity contribution in [2.45, 2.75) is 135 Å². The third kappa shape index (κ3) is 25.4. The summed E-state index contributed by atoms with van der Waals surface area (Å²) in [6, 6.07) is 0. The molecule has 30 heavy (non-hydrogen) atoms. The third-order valence-electron chi connectivity index (χ3n) is 5.92. The van der Waals surface area contributed by atoms with Gasteiger partial charge in [-0.15, -0.1) is 0 Å². The Kier molecular flexibility index (Phi) is 25.9. The molecule has 0 heterocycles. The van der Waals surface area contributed by atoms with Gasteiger partial charge in [0.2, 0.25) is 5.91 Å². The Morgan fingerprint density at radius 3 is 1.47 bits per heavy atom. The van der Waals surface area contributed by atoms with Gasteiger partial charge in [-0.05, 0) is 38.9 Å². The Morgan fingerprint density at radius 1 is 0.567 bits per heavy atom. The molecule has 4 N–H and O–H groups in total. The minimum Gasteiger partial charge on any atom is -0.356 e. The molecule has 0 fully saturated rings. The summed E-state index contributed by atoms with van der Waals surface area (Å²) in [6.45, 7) is 5.74. The van der Waals surface area contributed by atoms with Crippen molar-refractivity contribution < 1.29 is 4.79 Å². The monoisotopic (exact) mass is 425 g/mol. The van der Waals surface area contributed by atoms with E-state index in [0.717, 1.165) is 45.4 Å². The number of nitrogens with two attached hydrogens (primary N) is 1. The first kappa shape index (κ1) is 29.4. The van der Waals surface area contributed by atoms with Crippen LogP contribution in [0.5, 0.6) is 0 Å². The number of hydrogen-bond acceptors (Lipinski definition) is 3. The highest BCUT2D eigenvalue weighted by atomic mass is 16.1. The first-order chi connectivity index (χ1) is 14.8. The maximum atomic E-state index is 11.8. The van der Waals surface area contributed by atoms with Crippen LogP contribution in [-0.2, 0) is 4.79 Å². The summed E-state index contributed by atoms with van der Waals surface area (Å²) < 4.78 is 0. The molecule has 0 saturated heterocycles. The van der Waals surface area contributed by atoms with E-state index in [1.807, 2.05) is 0 Å². The predicted octanol–water partition coefficient (Wildman–Crippen LogP) is 6.47. The van der Waals surface area contributed by atoms with Gasteiger partial charge in [-0.3, -0.25) is 4.79 Å². The SMILES string of the molecule is CCCCCCCCCCCCCCCCCCCC(=O)NCCCNCCCN. The zero-order valence-corrected chi connectivity index (χ0v) is 20.5. The Morgan fingerprint density at radius 2 is 1.00 bits per heavy atom. The summed E-state index contributed by atoms with van der Waals surface area (Å²) in [7, 11) is 0. The van der Waals surface area contributed by atoms with E-state index in [2.05, 4.69) is 17.6 Å². The van der Waals surface area contributed by atoms with E-state index < -0.39 is 0 Å².